The molecule has 4 amide bonds. The van der Waals surface area contributed by atoms with Crippen LogP contribution in [0.1, 0.15) is 53.6 Å². The van der Waals surface area contributed by atoms with Crippen LogP contribution in [-0.4, -0.2) is 84.8 Å². The lowest BCUT2D eigenvalue weighted by Gasteiger charge is -2.33. The van der Waals surface area contributed by atoms with Crippen molar-refractivity contribution in [2.24, 2.45) is 17.6 Å². The summed E-state index contributed by atoms with van der Waals surface area (Å²) in [6.07, 6.45) is 3.47. The number of primary amides is 1. The molecule has 12 nitrogen and oxygen atoms in total. The fourth-order valence-electron chi connectivity index (χ4n) is 5.34. The number of nitrogens with one attached hydrogen (secondary N) is 1. The van der Waals surface area contributed by atoms with Gasteiger partial charge in [0.25, 0.3) is 17.4 Å². The van der Waals surface area contributed by atoms with E-state index in [9.17, 15) is 19.2 Å². The lowest BCUT2D eigenvalue weighted by molar-refractivity contribution is -0.140. The van der Waals surface area contributed by atoms with Gasteiger partial charge < -0.3 is 30.3 Å². The topological polar surface area (TPSA) is 157 Å². The Morgan fingerprint density at radius 2 is 1.78 bits per heavy atom. The highest BCUT2D eigenvalue weighted by Crippen LogP contribution is 2.48. The van der Waals surface area contributed by atoms with Gasteiger partial charge in [0.2, 0.25) is 11.8 Å². The van der Waals surface area contributed by atoms with Gasteiger partial charge in [-0.05, 0) is 49.9 Å². The van der Waals surface area contributed by atoms with Crippen LogP contribution in [0.5, 0.6) is 5.75 Å². The molecule has 41 heavy (non-hydrogen) atoms. The monoisotopic (exact) mass is 586 g/mol. The third-order valence-electron chi connectivity index (χ3n) is 7.68. The van der Waals surface area contributed by atoms with E-state index in [4.69, 9.17) is 26.8 Å². The molecule has 4 rings (SSSR count). The zero-order valence-electron chi connectivity index (χ0n) is 23.6. The Balaban J connectivity index is 1.69. The van der Waals surface area contributed by atoms with E-state index in [-0.39, 0.29) is 46.5 Å². The Labute approximate surface area is 243 Å². The molecule has 1 aliphatic heterocycles. The third-order valence-corrected chi connectivity index (χ3v) is 7.91. The number of methoxy groups -OCH3 is 1. The number of amides is 4. The molecule has 0 aromatic carbocycles. The van der Waals surface area contributed by atoms with Crippen LogP contribution in [-0.2, 0) is 24.7 Å². The molecule has 1 fully saturated rings. The number of nitrogens with zero attached hydrogens (tertiary/aromatic N) is 4. The summed E-state index contributed by atoms with van der Waals surface area (Å²) in [4.78, 5) is 64.2. The number of ether oxygens (including phenoxy) is 2. The Kier molecular flexibility index (Phi) is 9.13. The third kappa shape index (κ3) is 5.98. The van der Waals surface area contributed by atoms with Crippen molar-refractivity contribution in [3.8, 4) is 5.75 Å². The maximum atomic E-state index is 13.6. The predicted molar refractivity (Wildman–Crippen MR) is 149 cm³/mol. The molecule has 0 radical (unpaired) electrons. The number of aromatic nitrogens is 2. The summed E-state index contributed by atoms with van der Waals surface area (Å²) >= 11 is 6.05. The van der Waals surface area contributed by atoms with Crippen LogP contribution in [0, 0.1) is 11.8 Å². The first-order chi connectivity index (χ1) is 19.5. The highest BCUT2D eigenvalue weighted by molar-refractivity contribution is 6.30. The number of hydrogen-bond donors (Lipinski definition) is 2. The molecule has 13 heteroatoms. The summed E-state index contributed by atoms with van der Waals surface area (Å²) < 4.78 is 11.2. The first kappa shape index (κ1) is 30.2. The summed E-state index contributed by atoms with van der Waals surface area (Å²) in [5.41, 5.74) is 4.41. The van der Waals surface area contributed by atoms with E-state index < -0.39 is 23.5 Å². The van der Waals surface area contributed by atoms with Gasteiger partial charge in [-0.25, -0.2) is 4.98 Å². The minimum absolute atomic E-state index is 0.0420. The fourth-order valence-corrected chi connectivity index (χ4v) is 5.45. The molecule has 2 atom stereocenters. The molecule has 0 spiro atoms. The lowest BCUT2D eigenvalue weighted by atomic mass is 9.80. The second-order valence-electron chi connectivity index (χ2n) is 10.6. The largest absolute Gasteiger partial charge is 0.466 e. The molecule has 2 aromatic rings. The van der Waals surface area contributed by atoms with Crippen molar-refractivity contribution in [2.75, 3.05) is 41.4 Å². The van der Waals surface area contributed by atoms with Gasteiger partial charge in [0.05, 0.1) is 17.3 Å². The number of halogens is 1. The van der Waals surface area contributed by atoms with Crippen LogP contribution in [0.15, 0.2) is 30.5 Å². The van der Waals surface area contributed by atoms with Crippen LogP contribution in [0.3, 0.4) is 0 Å². The van der Waals surface area contributed by atoms with E-state index in [1.165, 1.54) is 42.5 Å². The number of rotatable bonds is 9. The number of pyridine rings is 2. The zero-order valence-corrected chi connectivity index (χ0v) is 24.3. The summed E-state index contributed by atoms with van der Waals surface area (Å²) in [6.45, 7) is 0.675. The van der Waals surface area contributed by atoms with E-state index in [1.807, 2.05) is 0 Å². The van der Waals surface area contributed by atoms with Crippen LogP contribution in [0.25, 0.3) is 0 Å². The molecule has 0 bridgehead atoms. The number of fused-ring (bicyclic) bond motifs is 1. The van der Waals surface area contributed by atoms with Crippen molar-refractivity contribution in [2.45, 2.75) is 37.3 Å². The van der Waals surface area contributed by atoms with Gasteiger partial charge in [0, 0.05) is 52.8 Å². The molecular weight excluding hydrogens is 552 g/mol. The molecule has 2 aromatic heterocycles. The molecule has 220 valence electrons. The number of nitrogens with two attached hydrogens (primary N) is 1. The van der Waals surface area contributed by atoms with Crippen molar-refractivity contribution >= 4 is 35.2 Å². The average molecular weight is 587 g/mol. The molecule has 3 heterocycles. The second kappa shape index (κ2) is 12.4. The van der Waals surface area contributed by atoms with E-state index in [1.54, 1.807) is 26.0 Å². The van der Waals surface area contributed by atoms with Gasteiger partial charge in [-0.3, -0.25) is 24.2 Å². The maximum absolute atomic E-state index is 13.6. The number of hydrogen-bond acceptors (Lipinski definition) is 8. The number of carbonyl (C=O) groups excluding carboxylic acids is 4. The standard InChI is InChI=1S/C28H35ClN6O6/c1-34(2)25(37)17-7-5-16(6-8-17)24(36)33-23-22-20(11-10-19(32-22)26(38)35(3)13-14-40-4)41-28(23,27(30)39)21-12-9-18(29)15-31-21/h9-12,15-17,23H,5-8,13-14H2,1-4H3,(H2,30,39)(H,33,36). The van der Waals surface area contributed by atoms with Gasteiger partial charge in [0.15, 0.2) is 0 Å². The minimum atomic E-state index is -1.95. The molecule has 1 aliphatic carbocycles. The fraction of sp³-hybridized carbons (Fsp3) is 0.500. The zero-order chi connectivity index (χ0) is 29.9. The van der Waals surface area contributed by atoms with E-state index in [2.05, 4.69) is 15.3 Å². The number of likely N-dealkylation sites (N-methyl/N-ethyl adjacent to an activating group) is 1. The van der Waals surface area contributed by atoms with Crippen LogP contribution in [0.2, 0.25) is 5.02 Å². The summed E-state index contributed by atoms with van der Waals surface area (Å²) in [5, 5.41) is 3.28. The van der Waals surface area contributed by atoms with Crippen molar-refractivity contribution in [3.05, 3.63) is 52.6 Å². The molecular formula is C28H35ClN6O6. The quantitative estimate of drug-likeness (QED) is 0.449. The first-order valence-electron chi connectivity index (χ1n) is 13.4. The normalized spacial score (nSPS) is 23.2. The maximum Gasteiger partial charge on any atom is 0.272 e. The van der Waals surface area contributed by atoms with Crippen molar-refractivity contribution in [1.29, 1.82) is 0 Å². The Hall–Kier alpha value is -3.77. The van der Waals surface area contributed by atoms with E-state index >= 15 is 0 Å². The van der Waals surface area contributed by atoms with Crippen molar-refractivity contribution in [3.63, 3.8) is 0 Å². The number of carbonyl (C=O) groups is 4. The van der Waals surface area contributed by atoms with Crippen LogP contribution < -0.4 is 15.8 Å². The highest BCUT2D eigenvalue weighted by Gasteiger charge is 2.58. The van der Waals surface area contributed by atoms with E-state index in [0.717, 1.165) is 0 Å². The summed E-state index contributed by atoms with van der Waals surface area (Å²) in [7, 11) is 6.59. The first-order valence-corrected chi connectivity index (χ1v) is 13.7. The average Bonchev–Trinajstić information content (AvgIpc) is 3.29. The molecule has 1 saturated carbocycles. The lowest BCUT2D eigenvalue weighted by Crippen LogP contribution is -2.54. The van der Waals surface area contributed by atoms with Gasteiger partial charge in [-0.15, -0.1) is 0 Å². The highest BCUT2D eigenvalue weighted by atomic mass is 35.5. The summed E-state index contributed by atoms with van der Waals surface area (Å²) in [6, 6.07) is 4.86. The summed E-state index contributed by atoms with van der Waals surface area (Å²) in [5.74, 6) is -1.93. The predicted octanol–water partition coefficient (Wildman–Crippen LogP) is 1.67. The smallest absolute Gasteiger partial charge is 0.272 e. The second-order valence-corrected chi connectivity index (χ2v) is 11.0. The minimum Gasteiger partial charge on any atom is -0.466 e. The Bertz CT molecular complexity index is 1310. The van der Waals surface area contributed by atoms with Crippen molar-refractivity contribution in [1.82, 2.24) is 25.1 Å². The SMILES string of the molecule is COCCN(C)C(=O)c1ccc2c(n1)C(NC(=O)C1CCC(C(=O)N(C)C)CC1)C(C(N)=O)(c1ccc(Cl)cn1)O2. The Morgan fingerprint density at radius 3 is 2.37 bits per heavy atom. The van der Waals surface area contributed by atoms with Gasteiger partial charge in [-0.1, -0.05) is 11.6 Å². The molecule has 0 saturated heterocycles. The van der Waals surface area contributed by atoms with Gasteiger partial charge in [0.1, 0.15) is 23.2 Å². The molecule has 2 aliphatic rings. The molecule has 3 N–H and O–H groups in total. The van der Waals surface area contributed by atoms with Gasteiger partial charge in [-0.2, -0.15) is 0 Å². The van der Waals surface area contributed by atoms with Crippen LogP contribution >= 0.6 is 11.6 Å². The van der Waals surface area contributed by atoms with Crippen LogP contribution in [0.4, 0.5) is 0 Å². The Morgan fingerprint density at radius 1 is 1.10 bits per heavy atom. The van der Waals surface area contributed by atoms with Gasteiger partial charge >= 0.3 is 0 Å². The molecule has 2 unspecified atom stereocenters. The van der Waals surface area contributed by atoms with Crippen molar-refractivity contribution < 1.29 is 28.7 Å². The van der Waals surface area contributed by atoms with E-state index in [0.29, 0.717) is 43.9 Å².